The number of hydrogen-bond acceptors (Lipinski definition) is 3. The summed E-state index contributed by atoms with van der Waals surface area (Å²) in [4.78, 5) is 4.39. The Morgan fingerprint density at radius 2 is 2.18 bits per heavy atom. The molecule has 3 rings (SSSR count). The normalized spacial score (nSPS) is 18.7. The second-order valence-corrected chi connectivity index (χ2v) is 6.26. The lowest BCUT2D eigenvalue weighted by molar-refractivity contribution is 0.334. The van der Waals surface area contributed by atoms with E-state index >= 15 is 0 Å². The third-order valence-corrected chi connectivity index (χ3v) is 4.49. The second kappa shape index (κ2) is 6.97. The van der Waals surface area contributed by atoms with E-state index in [0.29, 0.717) is 12.0 Å². The van der Waals surface area contributed by atoms with Crippen LogP contribution in [0.5, 0.6) is 5.75 Å². The van der Waals surface area contributed by atoms with Gasteiger partial charge in [0.05, 0.1) is 7.11 Å². The molecule has 0 aliphatic carbocycles. The zero-order chi connectivity index (χ0) is 15.4. The van der Waals surface area contributed by atoms with E-state index in [9.17, 15) is 0 Å². The molecule has 0 amide bonds. The van der Waals surface area contributed by atoms with Gasteiger partial charge in [-0.2, -0.15) is 0 Å². The van der Waals surface area contributed by atoms with E-state index in [2.05, 4.69) is 40.1 Å². The van der Waals surface area contributed by atoms with E-state index < -0.39 is 0 Å². The average Bonchev–Trinajstić information content (AvgIpc) is 3.01. The van der Waals surface area contributed by atoms with Crippen LogP contribution in [0.1, 0.15) is 24.7 Å². The summed E-state index contributed by atoms with van der Waals surface area (Å²) in [5.74, 6) is 2.87. The van der Waals surface area contributed by atoms with Crippen LogP contribution in [0.25, 0.3) is 0 Å². The summed E-state index contributed by atoms with van der Waals surface area (Å²) in [7, 11) is 1.70. The van der Waals surface area contributed by atoms with E-state index in [-0.39, 0.29) is 0 Å². The summed E-state index contributed by atoms with van der Waals surface area (Å²) >= 11 is 0. The van der Waals surface area contributed by atoms with Crippen molar-refractivity contribution in [3.8, 4) is 5.75 Å². The maximum atomic E-state index is 5.20. The number of hydrogen-bond donors (Lipinski definition) is 1. The molecule has 4 heteroatoms. The molecule has 1 aromatic carbocycles. The quantitative estimate of drug-likeness (QED) is 0.891. The third-order valence-electron chi connectivity index (χ3n) is 4.49. The van der Waals surface area contributed by atoms with Crippen molar-refractivity contribution < 1.29 is 4.74 Å². The Morgan fingerprint density at radius 3 is 2.95 bits per heavy atom. The molecular formula is C18H25N3O. The number of aryl methyl sites for hydroxylation is 1. The van der Waals surface area contributed by atoms with Gasteiger partial charge in [0, 0.05) is 31.4 Å². The highest BCUT2D eigenvalue weighted by molar-refractivity contribution is 5.27. The summed E-state index contributed by atoms with van der Waals surface area (Å²) in [5.41, 5.74) is 1.35. The van der Waals surface area contributed by atoms with E-state index in [1.807, 2.05) is 18.3 Å². The van der Waals surface area contributed by atoms with Crippen molar-refractivity contribution in [2.75, 3.05) is 13.7 Å². The summed E-state index contributed by atoms with van der Waals surface area (Å²) in [6.45, 7) is 4.43. The molecule has 0 spiro atoms. The molecule has 0 bridgehead atoms. The highest BCUT2D eigenvalue weighted by Crippen LogP contribution is 2.18. The number of nitrogens with one attached hydrogen (secondary N) is 1. The number of benzene rings is 1. The number of rotatable bonds is 6. The Hall–Kier alpha value is -1.81. The fraction of sp³-hybridized carbons (Fsp3) is 0.500. The summed E-state index contributed by atoms with van der Waals surface area (Å²) < 4.78 is 7.50. The molecule has 22 heavy (non-hydrogen) atoms. The van der Waals surface area contributed by atoms with E-state index in [0.717, 1.165) is 31.7 Å². The van der Waals surface area contributed by atoms with Gasteiger partial charge >= 0.3 is 0 Å². The van der Waals surface area contributed by atoms with Gasteiger partial charge in [-0.3, -0.25) is 0 Å². The molecule has 2 atom stereocenters. The number of fused-ring (bicyclic) bond motifs is 1. The van der Waals surface area contributed by atoms with Crippen molar-refractivity contribution in [3.63, 3.8) is 0 Å². The maximum Gasteiger partial charge on any atom is 0.118 e. The lowest BCUT2D eigenvalue weighted by Crippen LogP contribution is -2.36. The first-order valence-corrected chi connectivity index (χ1v) is 8.11. The number of nitrogens with zero attached hydrogens (tertiary/aromatic N) is 2. The van der Waals surface area contributed by atoms with Gasteiger partial charge in [-0.25, -0.2) is 4.98 Å². The second-order valence-electron chi connectivity index (χ2n) is 6.26. The van der Waals surface area contributed by atoms with Crippen molar-refractivity contribution in [2.24, 2.45) is 5.92 Å². The Bertz CT molecular complexity index is 591. The molecule has 4 nitrogen and oxygen atoms in total. The lowest BCUT2D eigenvalue weighted by Gasteiger charge is -2.25. The molecule has 1 N–H and O–H groups in total. The minimum absolute atomic E-state index is 0.484. The molecule has 1 aliphatic heterocycles. The van der Waals surface area contributed by atoms with Crippen LogP contribution in [0, 0.1) is 5.92 Å². The zero-order valence-corrected chi connectivity index (χ0v) is 13.5. The first-order chi connectivity index (χ1) is 10.7. The van der Waals surface area contributed by atoms with Gasteiger partial charge in [-0.15, -0.1) is 0 Å². The van der Waals surface area contributed by atoms with Crippen molar-refractivity contribution in [2.45, 2.75) is 38.8 Å². The standard InChI is InChI=1S/C18H25N3O/c1-14(11-15-3-6-17(22-2)7-4-15)20-12-16-5-8-18-19-9-10-21(18)13-16/h3-4,6-7,9-10,14,16,20H,5,8,11-13H2,1-2H3/t14-,16-/m0/s1. The highest BCUT2D eigenvalue weighted by Gasteiger charge is 2.19. The topological polar surface area (TPSA) is 39.1 Å². The Kier molecular flexibility index (Phi) is 4.78. The predicted molar refractivity (Wildman–Crippen MR) is 88.2 cm³/mol. The largest absolute Gasteiger partial charge is 0.497 e. The molecule has 118 valence electrons. The first-order valence-electron chi connectivity index (χ1n) is 8.11. The monoisotopic (exact) mass is 299 g/mol. The summed E-state index contributed by atoms with van der Waals surface area (Å²) in [6.07, 6.45) is 7.40. The molecule has 1 aromatic heterocycles. The van der Waals surface area contributed by atoms with Crippen LogP contribution in [-0.4, -0.2) is 29.2 Å². The third kappa shape index (κ3) is 3.69. The number of methoxy groups -OCH3 is 1. The molecule has 2 aromatic rings. The minimum Gasteiger partial charge on any atom is -0.497 e. The Morgan fingerprint density at radius 1 is 1.36 bits per heavy atom. The first kappa shape index (κ1) is 15.1. The lowest BCUT2D eigenvalue weighted by atomic mass is 9.98. The van der Waals surface area contributed by atoms with Crippen molar-refractivity contribution in [1.29, 1.82) is 0 Å². The fourth-order valence-electron chi connectivity index (χ4n) is 3.16. The predicted octanol–water partition coefficient (Wildman–Crippen LogP) is 2.67. The zero-order valence-electron chi connectivity index (χ0n) is 13.5. The fourth-order valence-corrected chi connectivity index (χ4v) is 3.16. The van der Waals surface area contributed by atoms with Crippen molar-refractivity contribution >= 4 is 0 Å². The summed E-state index contributed by atoms with van der Waals surface area (Å²) in [6, 6.07) is 8.84. The number of aromatic nitrogens is 2. The molecule has 0 fully saturated rings. The molecule has 0 unspecified atom stereocenters. The van der Waals surface area contributed by atoms with Crippen molar-refractivity contribution in [1.82, 2.24) is 14.9 Å². The Balaban J connectivity index is 1.45. The minimum atomic E-state index is 0.484. The van der Waals surface area contributed by atoms with Crippen LogP contribution in [0.2, 0.25) is 0 Å². The smallest absolute Gasteiger partial charge is 0.118 e. The number of imidazole rings is 1. The summed E-state index contributed by atoms with van der Waals surface area (Å²) in [5, 5.41) is 3.69. The van der Waals surface area contributed by atoms with Gasteiger partial charge in [0.15, 0.2) is 0 Å². The van der Waals surface area contributed by atoms with Gasteiger partial charge in [0.25, 0.3) is 0 Å². The van der Waals surface area contributed by atoms with Crippen LogP contribution in [-0.2, 0) is 19.4 Å². The van der Waals surface area contributed by atoms with Gasteiger partial charge in [-0.1, -0.05) is 12.1 Å². The number of ether oxygens (including phenoxy) is 1. The molecule has 0 saturated heterocycles. The molecule has 1 aliphatic rings. The van der Waals surface area contributed by atoms with E-state index in [4.69, 9.17) is 4.74 Å². The van der Waals surface area contributed by atoms with Gasteiger partial charge in [-0.05, 0) is 49.9 Å². The van der Waals surface area contributed by atoms with Gasteiger partial charge < -0.3 is 14.6 Å². The highest BCUT2D eigenvalue weighted by atomic mass is 16.5. The van der Waals surface area contributed by atoms with Crippen LogP contribution >= 0.6 is 0 Å². The molecule has 0 saturated carbocycles. The van der Waals surface area contributed by atoms with Crippen LogP contribution in [0.15, 0.2) is 36.7 Å². The van der Waals surface area contributed by atoms with E-state index in [1.54, 1.807) is 7.11 Å². The van der Waals surface area contributed by atoms with E-state index in [1.165, 1.54) is 17.8 Å². The Labute approximate surface area is 132 Å². The molecular weight excluding hydrogens is 274 g/mol. The average molecular weight is 299 g/mol. The van der Waals surface area contributed by atoms with Crippen LogP contribution in [0.3, 0.4) is 0 Å². The molecule has 2 heterocycles. The van der Waals surface area contributed by atoms with Crippen LogP contribution in [0.4, 0.5) is 0 Å². The van der Waals surface area contributed by atoms with Crippen molar-refractivity contribution in [3.05, 3.63) is 48.0 Å². The van der Waals surface area contributed by atoms with Gasteiger partial charge in [0.1, 0.15) is 11.6 Å². The van der Waals surface area contributed by atoms with Crippen LogP contribution < -0.4 is 10.1 Å². The van der Waals surface area contributed by atoms with Gasteiger partial charge in [0.2, 0.25) is 0 Å². The maximum absolute atomic E-state index is 5.20. The SMILES string of the molecule is COc1ccc(C[C@H](C)NC[C@@H]2CCc3nccn3C2)cc1. The molecule has 0 radical (unpaired) electrons.